The van der Waals surface area contributed by atoms with E-state index in [0.717, 1.165) is 43.5 Å². The zero-order valence-electron chi connectivity index (χ0n) is 18.0. The fourth-order valence-electron chi connectivity index (χ4n) is 4.30. The molecule has 1 saturated heterocycles. The first kappa shape index (κ1) is 20.8. The molecule has 0 bridgehead atoms. The summed E-state index contributed by atoms with van der Waals surface area (Å²) in [6.45, 7) is 5.17. The van der Waals surface area contributed by atoms with E-state index >= 15 is 0 Å². The predicted molar refractivity (Wildman–Crippen MR) is 126 cm³/mol. The first-order valence-electron chi connectivity index (χ1n) is 11.1. The van der Waals surface area contributed by atoms with Crippen LogP contribution in [0, 0.1) is 0 Å². The molecule has 2 aliphatic heterocycles. The number of fused-ring (bicyclic) bond motifs is 2. The van der Waals surface area contributed by atoms with Crippen molar-refractivity contribution in [1.82, 2.24) is 14.9 Å². The summed E-state index contributed by atoms with van der Waals surface area (Å²) in [6.07, 6.45) is 4.97. The van der Waals surface area contributed by atoms with Gasteiger partial charge in [-0.2, -0.15) is 0 Å². The van der Waals surface area contributed by atoms with E-state index in [4.69, 9.17) is 21.1 Å². The molecule has 9 heteroatoms. The molecule has 8 nitrogen and oxygen atoms in total. The Kier molecular flexibility index (Phi) is 5.70. The van der Waals surface area contributed by atoms with E-state index in [2.05, 4.69) is 20.6 Å². The molecule has 2 aliphatic rings. The third kappa shape index (κ3) is 3.79. The van der Waals surface area contributed by atoms with Gasteiger partial charge < -0.3 is 30.0 Å². The number of anilines is 3. The van der Waals surface area contributed by atoms with Gasteiger partial charge in [-0.25, -0.2) is 4.98 Å². The minimum Gasteiger partial charge on any atom is -0.485 e. The summed E-state index contributed by atoms with van der Waals surface area (Å²) in [5.41, 5.74) is 2.80. The van der Waals surface area contributed by atoms with Gasteiger partial charge in [0.25, 0.3) is 5.91 Å². The zero-order valence-corrected chi connectivity index (χ0v) is 18.7. The molecule has 0 spiro atoms. The Bertz CT molecular complexity index is 1160. The van der Waals surface area contributed by atoms with E-state index in [1.54, 1.807) is 6.20 Å². The number of aromatic nitrogens is 2. The second-order valence-electron chi connectivity index (χ2n) is 7.94. The van der Waals surface area contributed by atoms with Crippen LogP contribution in [0.3, 0.4) is 0 Å². The van der Waals surface area contributed by atoms with Crippen LogP contribution in [-0.2, 0) is 0 Å². The number of carbonyl (C=O) groups is 1. The van der Waals surface area contributed by atoms with E-state index in [-0.39, 0.29) is 5.91 Å². The number of carbonyl (C=O) groups excluding carboxylic acids is 1. The van der Waals surface area contributed by atoms with E-state index in [1.807, 2.05) is 30.0 Å². The first-order chi connectivity index (χ1) is 15.7. The molecule has 1 fully saturated rings. The maximum atomic E-state index is 13.1. The van der Waals surface area contributed by atoms with Gasteiger partial charge in [0.15, 0.2) is 11.5 Å². The quantitative estimate of drug-likeness (QED) is 0.512. The highest BCUT2D eigenvalue weighted by atomic mass is 35.5. The lowest BCUT2D eigenvalue weighted by Crippen LogP contribution is -2.36. The Balaban J connectivity index is 1.50. The molecule has 3 N–H and O–H groups in total. The molecule has 0 aliphatic carbocycles. The van der Waals surface area contributed by atoms with Gasteiger partial charge in [0.05, 0.1) is 27.3 Å². The smallest absolute Gasteiger partial charge is 0.257 e. The number of ether oxygens (including phenoxy) is 2. The summed E-state index contributed by atoms with van der Waals surface area (Å²) >= 11 is 6.33. The molecule has 3 aromatic rings. The lowest BCUT2D eigenvalue weighted by Gasteiger charge is -2.29. The highest BCUT2D eigenvalue weighted by Crippen LogP contribution is 2.43. The molecular weight excluding hydrogens is 430 g/mol. The highest BCUT2D eigenvalue weighted by molar-refractivity contribution is 6.36. The van der Waals surface area contributed by atoms with Crippen molar-refractivity contribution in [1.29, 1.82) is 0 Å². The first-order valence-corrected chi connectivity index (χ1v) is 11.4. The molecule has 0 atom stereocenters. The summed E-state index contributed by atoms with van der Waals surface area (Å²) in [6, 6.07) is 5.57. The Labute approximate surface area is 191 Å². The number of rotatable bonds is 5. The number of piperidine rings is 1. The van der Waals surface area contributed by atoms with Crippen LogP contribution < -0.4 is 20.1 Å². The number of pyridine rings is 1. The van der Waals surface area contributed by atoms with Crippen molar-refractivity contribution in [2.75, 3.05) is 43.5 Å². The lowest BCUT2D eigenvalue weighted by molar-refractivity contribution is 0.0714. The van der Waals surface area contributed by atoms with Crippen LogP contribution in [0.25, 0.3) is 11.0 Å². The second-order valence-corrected chi connectivity index (χ2v) is 8.35. The number of aromatic amines is 1. The van der Waals surface area contributed by atoms with Gasteiger partial charge in [0.2, 0.25) is 0 Å². The van der Waals surface area contributed by atoms with Gasteiger partial charge in [-0.1, -0.05) is 11.6 Å². The number of benzene rings is 1. The number of hydrogen-bond donors (Lipinski definition) is 3. The number of nitrogens with zero attached hydrogens (tertiary/aromatic N) is 2. The third-order valence-electron chi connectivity index (χ3n) is 5.79. The van der Waals surface area contributed by atoms with E-state index in [9.17, 15) is 4.79 Å². The SMILES string of the molecule is CCNc1cc(Nc2ccc(C(=O)N3CCCCC3)c3c2OCCO3)nc2[nH]cc(Cl)c12. The molecule has 5 rings (SSSR count). The number of nitrogens with one attached hydrogen (secondary N) is 3. The summed E-state index contributed by atoms with van der Waals surface area (Å²) in [4.78, 5) is 22.8. The van der Waals surface area contributed by atoms with Gasteiger partial charge in [0.1, 0.15) is 24.7 Å². The fraction of sp³-hybridized carbons (Fsp3) is 0.391. The maximum absolute atomic E-state index is 13.1. The summed E-state index contributed by atoms with van der Waals surface area (Å²) in [7, 11) is 0. The highest BCUT2D eigenvalue weighted by Gasteiger charge is 2.28. The third-order valence-corrected chi connectivity index (χ3v) is 6.08. The number of likely N-dealkylation sites (tertiary alicyclic amines) is 1. The van der Waals surface area contributed by atoms with Crippen molar-refractivity contribution in [3.8, 4) is 11.5 Å². The van der Waals surface area contributed by atoms with Crippen molar-refractivity contribution in [3.63, 3.8) is 0 Å². The Morgan fingerprint density at radius 1 is 1.16 bits per heavy atom. The van der Waals surface area contributed by atoms with E-state index < -0.39 is 0 Å². The van der Waals surface area contributed by atoms with Crippen LogP contribution in [0.4, 0.5) is 17.2 Å². The standard InChI is InChI=1S/C23H26ClN5O3/c1-2-25-17-12-18(28-22-19(17)15(24)13-26-22)27-16-7-6-14(20-21(16)32-11-10-31-20)23(30)29-8-4-3-5-9-29/h6-7,12-13H,2-5,8-11H2,1H3,(H3,25,26,27,28). The second kappa shape index (κ2) is 8.78. The Hall–Kier alpha value is -3.13. The lowest BCUT2D eigenvalue weighted by atomic mass is 10.1. The van der Waals surface area contributed by atoms with Crippen molar-refractivity contribution in [2.45, 2.75) is 26.2 Å². The van der Waals surface area contributed by atoms with Gasteiger partial charge in [-0.15, -0.1) is 0 Å². The van der Waals surface area contributed by atoms with Crippen LogP contribution in [0.2, 0.25) is 5.02 Å². The van der Waals surface area contributed by atoms with Gasteiger partial charge in [-0.3, -0.25) is 4.79 Å². The Morgan fingerprint density at radius 2 is 1.94 bits per heavy atom. The molecule has 4 heterocycles. The van der Waals surface area contributed by atoms with Crippen LogP contribution >= 0.6 is 11.6 Å². The average Bonchev–Trinajstić information content (AvgIpc) is 3.20. The van der Waals surface area contributed by atoms with Crippen LogP contribution in [0.5, 0.6) is 11.5 Å². The summed E-state index contributed by atoms with van der Waals surface area (Å²) < 4.78 is 11.9. The molecule has 0 saturated carbocycles. The monoisotopic (exact) mass is 455 g/mol. The Morgan fingerprint density at radius 3 is 2.72 bits per heavy atom. The zero-order chi connectivity index (χ0) is 22.1. The van der Waals surface area contributed by atoms with Gasteiger partial charge in [0, 0.05) is 31.9 Å². The molecule has 1 amide bonds. The minimum absolute atomic E-state index is 0.00648. The average molecular weight is 456 g/mol. The molecule has 0 unspecified atom stereocenters. The molecule has 0 radical (unpaired) electrons. The number of hydrogen-bond acceptors (Lipinski definition) is 6. The van der Waals surface area contributed by atoms with E-state index in [1.165, 1.54) is 6.42 Å². The summed E-state index contributed by atoms with van der Waals surface area (Å²) in [5, 5.41) is 8.14. The molecule has 2 aromatic heterocycles. The number of halogens is 1. The van der Waals surface area contributed by atoms with Crippen molar-refractivity contribution >= 4 is 45.7 Å². The largest absolute Gasteiger partial charge is 0.485 e. The molecule has 168 valence electrons. The van der Waals surface area contributed by atoms with Gasteiger partial charge in [-0.05, 0) is 38.3 Å². The number of H-pyrrole nitrogens is 1. The molecule has 32 heavy (non-hydrogen) atoms. The minimum atomic E-state index is -0.00648. The molecule has 1 aromatic carbocycles. The topological polar surface area (TPSA) is 91.5 Å². The predicted octanol–water partition coefficient (Wildman–Crippen LogP) is 4.79. The van der Waals surface area contributed by atoms with Crippen LogP contribution in [-0.4, -0.2) is 53.6 Å². The number of amides is 1. The van der Waals surface area contributed by atoms with Gasteiger partial charge >= 0.3 is 0 Å². The van der Waals surface area contributed by atoms with Crippen LogP contribution in [0.15, 0.2) is 24.4 Å². The van der Waals surface area contributed by atoms with Crippen LogP contribution in [0.1, 0.15) is 36.5 Å². The normalized spacial score (nSPS) is 15.6. The summed E-state index contributed by atoms with van der Waals surface area (Å²) in [5.74, 6) is 1.65. The van der Waals surface area contributed by atoms with Crippen molar-refractivity contribution in [2.24, 2.45) is 0 Å². The van der Waals surface area contributed by atoms with Crippen molar-refractivity contribution < 1.29 is 14.3 Å². The maximum Gasteiger partial charge on any atom is 0.257 e. The van der Waals surface area contributed by atoms with Crippen molar-refractivity contribution in [3.05, 3.63) is 35.0 Å². The van der Waals surface area contributed by atoms with E-state index in [0.29, 0.717) is 52.5 Å². The molecular formula is C23H26ClN5O3. The fourth-order valence-corrected chi connectivity index (χ4v) is 4.54.